The molecule has 1 aromatic heterocycles. The van der Waals surface area contributed by atoms with Gasteiger partial charge in [-0.25, -0.2) is 4.39 Å². The number of nitrogens with zero attached hydrogens (tertiary/aromatic N) is 2. The summed E-state index contributed by atoms with van der Waals surface area (Å²) in [4.78, 5) is 17.2. The molecule has 3 aromatic rings. The highest BCUT2D eigenvalue weighted by atomic mass is 32.1. The van der Waals surface area contributed by atoms with Crippen molar-refractivity contribution in [3.63, 3.8) is 0 Å². The molecule has 0 unspecified atom stereocenters. The quantitative estimate of drug-likeness (QED) is 0.703. The highest BCUT2D eigenvalue weighted by Gasteiger charge is 2.20. The number of ether oxygens (including phenoxy) is 1. The summed E-state index contributed by atoms with van der Waals surface area (Å²) in [6, 6.07) is 12.4. The van der Waals surface area contributed by atoms with Crippen LogP contribution in [0.3, 0.4) is 0 Å². The Kier molecular flexibility index (Phi) is 4.51. The Hall–Kier alpha value is -2.60. The lowest BCUT2D eigenvalue weighted by Gasteiger charge is -2.37. The fourth-order valence-electron chi connectivity index (χ4n) is 3.31. The van der Waals surface area contributed by atoms with Gasteiger partial charge in [-0.3, -0.25) is 4.79 Å². The van der Waals surface area contributed by atoms with Crippen molar-refractivity contribution in [2.75, 3.05) is 43.1 Å². The van der Waals surface area contributed by atoms with E-state index in [2.05, 4.69) is 9.80 Å². The molecule has 1 aliphatic heterocycles. The van der Waals surface area contributed by atoms with Crippen LogP contribution in [-0.2, 0) is 0 Å². The van der Waals surface area contributed by atoms with Crippen LogP contribution in [0, 0.1) is 5.82 Å². The molecule has 0 saturated carbocycles. The normalized spacial score (nSPS) is 14.7. The maximum Gasteiger partial charge on any atom is 0.211 e. The molecule has 0 amide bonds. The SMILES string of the molecule is COc1ccc(N2CCN(c3csc4ccc(F)cc4c3=O)CC2)cc1. The van der Waals surface area contributed by atoms with Gasteiger partial charge in [0.2, 0.25) is 5.43 Å². The van der Waals surface area contributed by atoms with Gasteiger partial charge < -0.3 is 14.5 Å². The van der Waals surface area contributed by atoms with E-state index in [0.29, 0.717) is 11.1 Å². The van der Waals surface area contributed by atoms with Gasteiger partial charge in [-0.15, -0.1) is 11.3 Å². The van der Waals surface area contributed by atoms with E-state index in [-0.39, 0.29) is 11.2 Å². The number of piperazine rings is 1. The minimum Gasteiger partial charge on any atom is -0.497 e. The molecule has 1 aliphatic rings. The highest BCUT2D eigenvalue weighted by Crippen LogP contribution is 2.25. The van der Waals surface area contributed by atoms with E-state index in [4.69, 9.17) is 4.74 Å². The number of hydrogen-bond acceptors (Lipinski definition) is 5. The first-order valence-corrected chi connectivity index (χ1v) is 9.39. The molecule has 6 heteroatoms. The van der Waals surface area contributed by atoms with Gasteiger partial charge in [0.15, 0.2) is 0 Å². The second kappa shape index (κ2) is 6.96. The van der Waals surface area contributed by atoms with Crippen molar-refractivity contribution in [3.05, 3.63) is 63.9 Å². The predicted molar refractivity (Wildman–Crippen MR) is 105 cm³/mol. The Balaban J connectivity index is 1.53. The third-order valence-electron chi connectivity index (χ3n) is 4.77. The lowest BCUT2D eigenvalue weighted by atomic mass is 10.2. The van der Waals surface area contributed by atoms with E-state index in [1.807, 2.05) is 29.6 Å². The molecule has 2 aromatic carbocycles. The van der Waals surface area contributed by atoms with Crippen molar-refractivity contribution in [2.45, 2.75) is 0 Å². The predicted octanol–water partition coefficient (Wildman–Crippen LogP) is 3.74. The summed E-state index contributed by atoms with van der Waals surface area (Å²) in [5, 5.41) is 2.36. The van der Waals surface area contributed by atoms with Gasteiger partial charge in [-0.1, -0.05) is 0 Å². The number of rotatable bonds is 3. The number of fused-ring (bicyclic) bond motifs is 1. The third kappa shape index (κ3) is 3.12. The van der Waals surface area contributed by atoms with Crippen LogP contribution in [0.1, 0.15) is 0 Å². The zero-order valence-corrected chi connectivity index (χ0v) is 15.3. The molecule has 0 bridgehead atoms. The lowest BCUT2D eigenvalue weighted by molar-refractivity contribution is 0.415. The van der Waals surface area contributed by atoms with Crippen LogP contribution < -0.4 is 20.0 Å². The molecular weight excluding hydrogens is 351 g/mol. The number of halogens is 1. The van der Waals surface area contributed by atoms with Crippen molar-refractivity contribution < 1.29 is 9.13 Å². The standard InChI is InChI=1S/C20H19FN2O2S/c1-25-16-5-3-15(4-6-16)22-8-10-23(11-9-22)18-13-26-19-7-2-14(21)12-17(19)20(18)24/h2-7,12-13H,8-11H2,1H3. The smallest absolute Gasteiger partial charge is 0.211 e. The zero-order chi connectivity index (χ0) is 18.1. The molecule has 0 atom stereocenters. The Morgan fingerprint density at radius 1 is 1.00 bits per heavy atom. The summed E-state index contributed by atoms with van der Waals surface area (Å²) in [5.41, 5.74) is 1.73. The molecule has 0 radical (unpaired) electrons. The van der Waals surface area contributed by atoms with Crippen LogP contribution in [0.2, 0.25) is 0 Å². The summed E-state index contributed by atoms with van der Waals surface area (Å²) < 4.78 is 19.5. The van der Waals surface area contributed by atoms with Gasteiger partial charge in [0, 0.05) is 47.3 Å². The number of methoxy groups -OCH3 is 1. The first kappa shape index (κ1) is 16.8. The van der Waals surface area contributed by atoms with E-state index in [1.54, 1.807) is 13.2 Å². The maximum atomic E-state index is 13.5. The second-order valence-corrected chi connectivity index (χ2v) is 7.17. The van der Waals surface area contributed by atoms with Gasteiger partial charge in [0.05, 0.1) is 12.8 Å². The Bertz CT molecular complexity index is 979. The van der Waals surface area contributed by atoms with E-state index in [1.165, 1.54) is 23.5 Å². The van der Waals surface area contributed by atoms with Crippen molar-refractivity contribution >= 4 is 32.8 Å². The molecule has 0 aliphatic carbocycles. The van der Waals surface area contributed by atoms with Crippen LogP contribution in [0.4, 0.5) is 15.8 Å². The van der Waals surface area contributed by atoms with Crippen molar-refractivity contribution in [3.8, 4) is 5.75 Å². The molecular formula is C20H19FN2O2S. The minimum absolute atomic E-state index is 0.0869. The lowest BCUT2D eigenvalue weighted by Crippen LogP contribution is -2.47. The van der Waals surface area contributed by atoms with Crippen molar-refractivity contribution in [1.29, 1.82) is 0 Å². The number of benzene rings is 2. The van der Waals surface area contributed by atoms with E-state index in [9.17, 15) is 9.18 Å². The van der Waals surface area contributed by atoms with Crippen molar-refractivity contribution in [1.82, 2.24) is 0 Å². The molecule has 2 heterocycles. The third-order valence-corrected chi connectivity index (χ3v) is 5.73. The van der Waals surface area contributed by atoms with Crippen LogP contribution in [-0.4, -0.2) is 33.3 Å². The molecule has 0 spiro atoms. The summed E-state index contributed by atoms with van der Waals surface area (Å²) in [5.74, 6) is 0.469. The van der Waals surface area contributed by atoms with Gasteiger partial charge in [0.1, 0.15) is 11.6 Å². The average Bonchev–Trinajstić information content (AvgIpc) is 2.69. The van der Waals surface area contributed by atoms with Crippen LogP contribution in [0.25, 0.3) is 10.1 Å². The summed E-state index contributed by atoms with van der Waals surface area (Å²) in [6.45, 7) is 3.18. The highest BCUT2D eigenvalue weighted by molar-refractivity contribution is 7.16. The molecule has 1 fully saturated rings. The van der Waals surface area contributed by atoms with Gasteiger partial charge >= 0.3 is 0 Å². The fraction of sp³-hybridized carbons (Fsp3) is 0.250. The van der Waals surface area contributed by atoms with Gasteiger partial charge in [-0.05, 0) is 42.5 Å². The first-order chi connectivity index (χ1) is 12.7. The van der Waals surface area contributed by atoms with E-state index < -0.39 is 0 Å². The van der Waals surface area contributed by atoms with E-state index >= 15 is 0 Å². The summed E-state index contributed by atoms with van der Waals surface area (Å²) in [7, 11) is 1.66. The maximum absolute atomic E-state index is 13.5. The average molecular weight is 370 g/mol. The number of hydrogen-bond donors (Lipinski definition) is 0. The molecule has 4 rings (SSSR count). The van der Waals surface area contributed by atoms with Gasteiger partial charge in [-0.2, -0.15) is 0 Å². The zero-order valence-electron chi connectivity index (χ0n) is 14.4. The number of anilines is 2. The topological polar surface area (TPSA) is 32.8 Å². The Morgan fingerprint density at radius 3 is 2.38 bits per heavy atom. The van der Waals surface area contributed by atoms with Gasteiger partial charge in [0.25, 0.3) is 0 Å². The van der Waals surface area contributed by atoms with Crippen LogP contribution in [0.5, 0.6) is 5.75 Å². The second-order valence-electron chi connectivity index (χ2n) is 6.26. The summed E-state index contributed by atoms with van der Waals surface area (Å²) in [6.07, 6.45) is 0. The Labute approximate surface area is 155 Å². The van der Waals surface area contributed by atoms with Crippen molar-refractivity contribution in [2.24, 2.45) is 0 Å². The molecule has 26 heavy (non-hydrogen) atoms. The largest absolute Gasteiger partial charge is 0.497 e. The van der Waals surface area contributed by atoms with E-state index in [0.717, 1.165) is 42.3 Å². The monoisotopic (exact) mass is 370 g/mol. The van der Waals surface area contributed by atoms with Crippen LogP contribution in [0.15, 0.2) is 52.6 Å². The Morgan fingerprint density at radius 2 is 1.69 bits per heavy atom. The first-order valence-electron chi connectivity index (χ1n) is 8.51. The molecule has 1 saturated heterocycles. The molecule has 134 valence electrons. The van der Waals surface area contributed by atoms with Crippen LogP contribution >= 0.6 is 11.3 Å². The fourth-order valence-corrected chi connectivity index (χ4v) is 4.23. The summed E-state index contributed by atoms with van der Waals surface area (Å²) >= 11 is 1.49. The molecule has 0 N–H and O–H groups in total. The molecule has 4 nitrogen and oxygen atoms in total. The minimum atomic E-state index is -0.372.